The van der Waals surface area contributed by atoms with Gasteiger partial charge in [0.05, 0.1) is 19.1 Å². The second-order valence-corrected chi connectivity index (χ2v) is 3.23. The third kappa shape index (κ3) is 2.44. The SMILES string of the molecule is CCn1ncnc1CNCc1ccoc1. The van der Waals surface area contributed by atoms with E-state index in [4.69, 9.17) is 4.42 Å². The lowest BCUT2D eigenvalue weighted by molar-refractivity contribution is 0.552. The molecule has 0 fully saturated rings. The number of rotatable bonds is 5. The van der Waals surface area contributed by atoms with E-state index in [2.05, 4.69) is 15.4 Å². The quantitative estimate of drug-likeness (QED) is 0.798. The number of nitrogens with zero attached hydrogens (tertiary/aromatic N) is 3. The third-order valence-corrected chi connectivity index (χ3v) is 2.19. The molecule has 0 saturated carbocycles. The monoisotopic (exact) mass is 206 g/mol. The number of aromatic nitrogens is 3. The molecule has 2 heterocycles. The van der Waals surface area contributed by atoms with Crippen LogP contribution in [-0.4, -0.2) is 14.8 Å². The van der Waals surface area contributed by atoms with E-state index in [9.17, 15) is 0 Å². The Morgan fingerprint density at radius 2 is 2.40 bits per heavy atom. The minimum Gasteiger partial charge on any atom is -0.472 e. The predicted molar refractivity (Wildman–Crippen MR) is 54.9 cm³/mol. The highest BCUT2D eigenvalue weighted by atomic mass is 16.3. The van der Waals surface area contributed by atoms with Crippen molar-refractivity contribution in [2.75, 3.05) is 0 Å². The second-order valence-electron chi connectivity index (χ2n) is 3.23. The van der Waals surface area contributed by atoms with Crippen LogP contribution in [0.2, 0.25) is 0 Å². The van der Waals surface area contributed by atoms with Gasteiger partial charge in [-0.05, 0) is 13.0 Å². The summed E-state index contributed by atoms with van der Waals surface area (Å²) in [4.78, 5) is 4.17. The zero-order valence-corrected chi connectivity index (χ0v) is 8.68. The van der Waals surface area contributed by atoms with Crippen molar-refractivity contribution >= 4 is 0 Å². The van der Waals surface area contributed by atoms with Crippen molar-refractivity contribution in [3.63, 3.8) is 0 Å². The summed E-state index contributed by atoms with van der Waals surface area (Å²) in [6, 6.07) is 1.94. The van der Waals surface area contributed by atoms with Crippen molar-refractivity contribution in [3.05, 3.63) is 36.3 Å². The first kappa shape index (κ1) is 9.92. The summed E-state index contributed by atoms with van der Waals surface area (Å²) in [7, 11) is 0. The average Bonchev–Trinajstić information content (AvgIpc) is 2.88. The van der Waals surface area contributed by atoms with Crippen LogP contribution in [0.1, 0.15) is 18.3 Å². The molecular formula is C10H14N4O. The lowest BCUT2D eigenvalue weighted by atomic mass is 10.3. The van der Waals surface area contributed by atoms with Crippen LogP contribution >= 0.6 is 0 Å². The van der Waals surface area contributed by atoms with Crippen molar-refractivity contribution in [1.29, 1.82) is 0 Å². The van der Waals surface area contributed by atoms with Gasteiger partial charge in [0, 0.05) is 18.7 Å². The van der Waals surface area contributed by atoms with Crippen LogP contribution in [0.15, 0.2) is 29.3 Å². The second kappa shape index (κ2) is 4.75. The van der Waals surface area contributed by atoms with Crippen molar-refractivity contribution in [3.8, 4) is 0 Å². The third-order valence-electron chi connectivity index (χ3n) is 2.19. The summed E-state index contributed by atoms with van der Waals surface area (Å²) in [6.45, 7) is 4.41. The minimum absolute atomic E-state index is 0.721. The van der Waals surface area contributed by atoms with E-state index >= 15 is 0 Å². The highest BCUT2D eigenvalue weighted by Crippen LogP contribution is 1.99. The topological polar surface area (TPSA) is 55.9 Å². The molecular weight excluding hydrogens is 192 g/mol. The van der Waals surface area contributed by atoms with Gasteiger partial charge in [-0.15, -0.1) is 0 Å². The molecule has 0 atom stereocenters. The first-order valence-electron chi connectivity index (χ1n) is 4.98. The maximum atomic E-state index is 4.97. The van der Waals surface area contributed by atoms with Gasteiger partial charge < -0.3 is 9.73 Å². The summed E-state index contributed by atoms with van der Waals surface area (Å²) < 4.78 is 6.85. The molecule has 15 heavy (non-hydrogen) atoms. The molecule has 5 nitrogen and oxygen atoms in total. The number of hydrogen-bond donors (Lipinski definition) is 1. The Bertz CT molecular complexity index is 393. The van der Waals surface area contributed by atoms with Gasteiger partial charge >= 0.3 is 0 Å². The van der Waals surface area contributed by atoms with E-state index in [1.165, 1.54) is 0 Å². The average molecular weight is 206 g/mol. The lowest BCUT2D eigenvalue weighted by Crippen LogP contribution is -2.16. The lowest BCUT2D eigenvalue weighted by Gasteiger charge is -2.03. The zero-order chi connectivity index (χ0) is 10.5. The van der Waals surface area contributed by atoms with Gasteiger partial charge in [0.1, 0.15) is 12.2 Å². The number of aryl methyl sites for hydroxylation is 1. The van der Waals surface area contributed by atoms with Gasteiger partial charge in [-0.1, -0.05) is 0 Å². The molecule has 0 aliphatic heterocycles. The van der Waals surface area contributed by atoms with Gasteiger partial charge in [0.2, 0.25) is 0 Å². The molecule has 1 N–H and O–H groups in total. The van der Waals surface area contributed by atoms with Crippen LogP contribution < -0.4 is 5.32 Å². The molecule has 80 valence electrons. The van der Waals surface area contributed by atoms with Gasteiger partial charge in [0.25, 0.3) is 0 Å². The first-order chi connectivity index (χ1) is 7.40. The largest absolute Gasteiger partial charge is 0.472 e. The molecule has 0 radical (unpaired) electrons. The molecule has 5 heteroatoms. The molecule has 0 saturated heterocycles. The summed E-state index contributed by atoms with van der Waals surface area (Å²) in [5.74, 6) is 0.959. The smallest absolute Gasteiger partial charge is 0.140 e. The molecule has 0 aliphatic rings. The van der Waals surface area contributed by atoms with Crippen LogP contribution in [0, 0.1) is 0 Å². The number of hydrogen-bond acceptors (Lipinski definition) is 4. The molecule has 0 bridgehead atoms. The fourth-order valence-corrected chi connectivity index (χ4v) is 1.40. The van der Waals surface area contributed by atoms with Gasteiger partial charge in [-0.2, -0.15) is 5.10 Å². The van der Waals surface area contributed by atoms with Crippen molar-refractivity contribution < 1.29 is 4.42 Å². The predicted octanol–water partition coefficient (Wildman–Crippen LogP) is 1.18. The van der Waals surface area contributed by atoms with Crippen molar-refractivity contribution in [2.24, 2.45) is 0 Å². The van der Waals surface area contributed by atoms with E-state index < -0.39 is 0 Å². The molecule has 2 aromatic heterocycles. The van der Waals surface area contributed by atoms with E-state index in [-0.39, 0.29) is 0 Å². The Morgan fingerprint density at radius 1 is 1.47 bits per heavy atom. The van der Waals surface area contributed by atoms with Crippen LogP contribution in [0.3, 0.4) is 0 Å². The number of furan rings is 1. The Morgan fingerprint density at radius 3 is 3.13 bits per heavy atom. The number of nitrogens with one attached hydrogen (secondary N) is 1. The zero-order valence-electron chi connectivity index (χ0n) is 8.68. The molecule has 2 aromatic rings. The molecule has 0 unspecified atom stereocenters. The molecule has 2 rings (SSSR count). The van der Waals surface area contributed by atoms with Crippen molar-refractivity contribution in [1.82, 2.24) is 20.1 Å². The van der Waals surface area contributed by atoms with Gasteiger partial charge in [0.15, 0.2) is 0 Å². The fraction of sp³-hybridized carbons (Fsp3) is 0.400. The van der Waals surface area contributed by atoms with E-state index in [1.54, 1.807) is 18.9 Å². The molecule has 0 amide bonds. The minimum atomic E-state index is 0.721. The molecule has 0 aromatic carbocycles. The van der Waals surface area contributed by atoms with E-state index in [0.717, 1.165) is 31.0 Å². The first-order valence-corrected chi connectivity index (χ1v) is 4.98. The van der Waals surface area contributed by atoms with Gasteiger partial charge in [-0.3, -0.25) is 0 Å². The maximum absolute atomic E-state index is 4.97. The Balaban J connectivity index is 1.83. The molecule has 0 aliphatic carbocycles. The van der Waals surface area contributed by atoms with E-state index in [0.29, 0.717) is 0 Å². The maximum Gasteiger partial charge on any atom is 0.140 e. The normalized spacial score (nSPS) is 10.7. The highest BCUT2D eigenvalue weighted by Gasteiger charge is 2.01. The van der Waals surface area contributed by atoms with Crippen LogP contribution in [-0.2, 0) is 19.6 Å². The van der Waals surface area contributed by atoms with Crippen LogP contribution in [0.5, 0.6) is 0 Å². The summed E-state index contributed by atoms with van der Waals surface area (Å²) >= 11 is 0. The van der Waals surface area contributed by atoms with Crippen LogP contribution in [0.25, 0.3) is 0 Å². The van der Waals surface area contributed by atoms with Crippen LogP contribution in [0.4, 0.5) is 0 Å². The summed E-state index contributed by atoms with van der Waals surface area (Å²) in [5, 5.41) is 7.38. The Labute approximate surface area is 88.1 Å². The fourth-order valence-electron chi connectivity index (χ4n) is 1.40. The van der Waals surface area contributed by atoms with E-state index in [1.807, 2.05) is 17.7 Å². The Kier molecular flexibility index (Phi) is 3.14. The highest BCUT2D eigenvalue weighted by molar-refractivity contribution is 5.04. The van der Waals surface area contributed by atoms with Crippen molar-refractivity contribution in [2.45, 2.75) is 26.6 Å². The standard InChI is InChI=1S/C10H14N4O/c1-2-14-10(12-8-13-14)6-11-5-9-3-4-15-7-9/h3-4,7-8,11H,2,5-6H2,1H3. The Hall–Kier alpha value is -1.62. The summed E-state index contributed by atoms with van der Waals surface area (Å²) in [5.41, 5.74) is 1.14. The molecule has 0 spiro atoms. The van der Waals surface area contributed by atoms with Gasteiger partial charge in [-0.25, -0.2) is 9.67 Å². The summed E-state index contributed by atoms with van der Waals surface area (Å²) in [6.07, 6.45) is 4.99.